The van der Waals surface area contributed by atoms with E-state index in [1.165, 1.54) is 10.9 Å². The molecular formula is C19H24N8Na2O14P2. The Hall–Kier alpha value is -0.950. The van der Waals surface area contributed by atoms with Gasteiger partial charge in [-0.05, 0) is 6.07 Å². The molecule has 2 unspecified atom stereocenters. The number of aromatic nitrogens is 6. The van der Waals surface area contributed by atoms with Crippen LogP contribution in [0.15, 0.2) is 24.9 Å². The van der Waals surface area contributed by atoms with Gasteiger partial charge in [-0.15, -0.1) is 0 Å². The van der Waals surface area contributed by atoms with E-state index in [0.717, 1.165) is 23.2 Å². The van der Waals surface area contributed by atoms with Crippen molar-refractivity contribution in [1.29, 1.82) is 5.41 Å². The Labute approximate surface area is 296 Å². The molecule has 5 heterocycles. The maximum Gasteiger partial charge on any atom is 1.00 e. The number of phosphoric acid groups is 2. The average molecular weight is 696 g/mol. The molecule has 0 aromatic carbocycles. The van der Waals surface area contributed by atoms with Gasteiger partial charge in [0, 0.05) is 6.20 Å². The molecule has 26 heteroatoms. The predicted octanol–water partition coefficient (Wildman–Crippen LogP) is -10.3. The molecule has 0 saturated carbocycles. The zero-order chi connectivity index (χ0) is 31.3. The van der Waals surface area contributed by atoms with Crippen molar-refractivity contribution in [3.05, 3.63) is 30.4 Å². The first-order valence-electron chi connectivity index (χ1n) is 12.1. The minimum atomic E-state index is -5.65. The molecular weight excluding hydrogens is 672 g/mol. The van der Waals surface area contributed by atoms with Crippen molar-refractivity contribution in [3.63, 3.8) is 0 Å². The van der Waals surface area contributed by atoms with Gasteiger partial charge in [0.25, 0.3) is 7.82 Å². The smallest absolute Gasteiger partial charge is 0.846 e. The zero-order valence-electron chi connectivity index (χ0n) is 23.4. The molecule has 3 aromatic heterocycles. The van der Waals surface area contributed by atoms with Crippen LogP contribution in [0.5, 0.6) is 6.01 Å². The topological polar surface area (TPSA) is 339 Å². The Balaban J connectivity index is 0.00000276. The molecule has 5 rings (SSSR count). The molecule has 0 aliphatic carbocycles. The summed E-state index contributed by atoms with van der Waals surface area (Å²) >= 11 is 0. The summed E-state index contributed by atoms with van der Waals surface area (Å²) in [5.74, 6) is 0.0386. The third-order valence-corrected chi connectivity index (χ3v) is 9.01. The fourth-order valence-electron chi connectivity index (χ4n) is 4.36. The summed E-state index contributed by atoms with van der Waals surface area (Å²) in [6, 6.07) is 0.113. The van der Waals surface area contributed by atoms with E-state index in [1.54, 1.807) is 0 Å². The molecule has 0 radical (unpaired) electrons. The standard InChI is InChI=1S/C19H26N8O14P2.2Na/c20-9-1-2-26(19(32)25-9)17-13(30)11(28)7(39-17)3-37-42(33,34)41-43(35,36)38-4-8-12(29)14(31)18(40-8)27-6-24-10-15(21)22-5-23-16(10)27;;/h1-2,5-8,11-14,17-18,28-31H,3-4H2,(H,33,34)(H,35,36)(H2,20,25,32)(H2,21,22,23);;/q;2*+1/p-2/t7-,8-,11-,12-,13-,14-,17-,18-;;/m1../s1. The number of nitrogens with one attached hydrogen (secondary N) is 1. The number of ether oxygens (including phenoxy) is 2. The van der Waals surface area contributed by atoms with Gasteiger partial charge in [-0.25, -0.2) is 28.8 Å². The average Bonchev–Trinajstić information content (AvgIpc) is 3.57. The van der Waals surface area contributed by atoms with E-state index in [9.17, 15) is 44.4 Å². The van der Waals surface area contributed by atoms with Crippen molar-refractivity contribution in [2.45, 2.75) is 49.1 Å². The number of aliphatic hydroxyl groups is 4. The Bertz CT molecular complexity index is 1650. The summed E-state index contributed by atoms with van der Waals surface area (Å²) in [5, 5.41) is 60.6. The summed E-state index contributed by atoms with van der Waals surface area (Å²) in [4.78, 5) is 37.3. The molecule has 0 spiro atoms. The number of aliphatic hydroxyl groups excluding tert-OH is 4. The number of hydrogen-bond donors (Lipinski definition) is 7. The van der Waals surface area contributed by atoms with Crippen molar-refractivity contribution in [2.75, 3.05) is 18.9 Å². The van der Waals surface area contributed by atoms with Gasteiger partial charge in [0.1, 0.15) is 54.0 Å². The van der Waals surface area contributed by atoms with E-state index in [0.29, 0.717) is 0 Å². The Kier molecular flexibility index (Phi) is 12.9. The number of nitrogens with two attached hydrogens (primary N) is 1. The van der Waals surface area contributed by atoms with Gasteiger partial charge in [-0.3, -0.25) is 19.1 Å². The molecule has 22 nitrogen and oxygen atoms in total. The summed E-state index contributed by atoms with van der Waals surface area (Å²) in [5.41, 5.74) is 5.69. The van der Waals surface area contributed by atoms with Crippen LogP contribution in [0.25, 0.3) is 11.2 Å². The van der Waals surface area contributed by atoms with Crippen molar-refractivity contribution >= 4 is 32.6 Å². The van der Waals surface area contributed by atoms with Crippen LogP contribution in [-0.2, 0) is 32.0 Å². The van der Waals surface area contributed by atoms with E-state index in [-0.39, 0.29) is 81.6 Å². The van der Waals surface area contributed by atoms with Gasteiger partial charge in [0.05, 0.1) is 25.6 Å². The SMILES string of the molecule is N=c1ccn([C@@H]2O[C@H](COP(=O)([O-])OP(=O)(O)OC[C@H]3O[C@@H](n4cnc5c(N)ncnc54)[C@H](O)[C@@H]3O)[C@@H](O)[C@H]2O)c([O-])n1.[Na+].[Na+]. The second kappa shape index (κ2) is 15.1. The Morgan fingerprint density at radius 2 is 1.53 bits per heavy atom. The van der Waals surface area contributed by atoms with Gasteiger partial charge in [-0.2, -0.15) is 0 Å². The second-order valence-electron chi connectivity index (χ2n) is 9.27. The molecule has 2 fully saturated rings. The first kappa shape index (κ1) is 38.5. The Morgan fingerprint density at radius 1 is 0.956 bits per heavy atom. The molecule has 8 N–H and O–H groups in total. The van der Waals surface area contributed by atoms with Gasteiger partial charge in [0.15, 0.2) is 23.9 Å². The third kappa shape index (κ3) is 8.38. The van der Waals surface area contributed by atoms with Gasteiger partial charge >= 0.3 is 66.9 Å². The van der Waals surface area contributed by atoms with Crippen LogP contribution in [0.2, 0.25) is 0 Å². The van der Waals surface area contributed by atoms with E-state index in [1.807, 2.05) is 0 Å². The van der Waals surface area contributed by atoms with Crippen molar-refractivity contribution < 1.29 is 126 Å². The molecule has 2 aliphatic rings. The quantitative estimate of drug-likeness (QED) is 0.0764. The van der Waals surface area contributed by atoms with Crippen LogP contribution in [-0.4, -0.2) is 104 Å². The maximum absolute atomic E-state index is 12.3. The molecule has 0 amide bonds. The number of imidazole rings is 1. The third-order valence-electron chi connectivity index (χ3n) is 6.44. The minimum absolute atomic E-state index is 0. The summed E-state index contributed by atoms with van der Waals surface area (Å²) in [6.45, 7) is -1.97. The number of rotatable bonds is 10. The van der Waals surface area contributed by atoms with Crippen LogP contribution in [0, 0.1) is 5.41 Å². The van der Waals surface area contributed by atoms with E-state index >= 15 is 0 Å². The minimum Gasteiger partial charge on any atom is -0.846 e. The summed E-state index contributed by atoms with van der Waals surface area (Å²) < 4.78 is 50.7. The van der Waals surface area contributed by atoms with Crippen LogP contribution in [0.3, 0.4) is 0 Å². The zero-order valence-corrected chi connectivity index (χ0v) is 29.2. The van der Waals surface area contributed by atoms with Crippen LogP contribution in [0.1, 0.15) is 12.5 Å². The van der Waals surface area contributed by atoms with Crippen molar-refractivity contribution in [1.82, 2.24) is 29.1 Å². The second-order valence-corrected chi connectivity index (χ2v) is 12.3. The molecule has 2 aliphatic heterocycles. The van der Waals surface area contributed by atoms with E-state index in [2.05, 4.69) is 33.3 Å². The molecule has 2 saturated heterocycles. The Morgan fingerprint density at radius 3 is 2.13 bits per heavy atom. The maximum atomic E-state index is 12.3. The van der Waals surface area contributed by atoms with Crippen LogP contribution < -0.4 is 80.3 Å². The number of fused-ring (bicyclic) bond motifs is 1. The molecule has 10 atom stereocenters. The van der Waals surface area contributed by atoms with Crippen LogP contribution >= 0.6 is 15.6 Å². The van der Waals surface area contributed by atoms with Gasteiger partial charge in [-0.1, -0.05) is 0 Å². The van der Waals surface area contributed by atoms with Gasteiger partial charge in [0.2, 0.25) is 0 Å². The van der Waals surface area contributed by atoms with Crippen molar-refractivity contribution in [3.8, 4) is 6.01 Å². The molecule has 45 heavy (non-hydrogen) atoms. The summed E-state index contributed by atoms with van der Waals surface area (Å²) in [7, 11) is -11.1. The number of phosphoric ester groups is 2. The summed E-state index contributed by atoms with van der Waals surface area (Å²) in [6.07, 6.45) is -9.26. The predicted molar refractivity (Wildman–Crippen MR) is 130 cm³/mol. The fraction of sp³-hybridized carbons (Fsp3) is 0.526. The first-order chi connectivity index (χ1) is 20.2. The van der Waals surface area contributed by atoms with Crippen molar-refractivity contribution in [2.24, 2.45) is 0 Å². The monoisotopic (exact) mass is 696 g/mol. The molecule has 3 aromatic rings. The van der Waals surface area contributed by atoms with E-state index < -0.39 is 83.9 Å². The first-order valence-corrected chi connectivity index (χ1v) is 15.0. The largest absolute Gasteiger partial charge is 1.00 e. The number of nitrogens with zero attached hydrogens (tertiary/aromatic N) is 6. The fourth-order valence-corrected chi connectivity index (χ4v) is 6.41. The number of nitrogen functional groups attached to an aromatic ring is 1. The van der Waals surface area contributed by atoms with Gasteiger partial charge < -0.3 is 59.6 Å². The van der Waals surface area contributed by atoms with Crippen LogP contribution in [0.4, 0.5) is 5.82 Å². The molecule has 236 valence electrons. The normalized spacial score (nSPS) is 30.7. The number of anilines is 1. The van der Waals surface area contributed by atoms with E-state index in [4.69, 9.17) is 20.6 Å². The molecule has 0 bridgehead atoms. The number of hydrogen-bond acceptors (Lipinski definition) is 19.